The third-order valence-corrected chi connectivity index (χ3v) is 2.43. The summed E-state index contributed by atoms with van der Waals surface area (Å²) in [5, 5.41) is 0.0606. The van der Waals surface area contributed by atoms with Crippen LogP contribution < -0.4 is 4.74 Å². The van der Waals surface area contributed by atoms with Crippen molar-refractivity contribution in [1.82, 2.24) is 0 Å². The van der Waals surface area contributed by atoms with Crippen molar-refractivity contribution in [2.24, 2.45) is 0 Å². The number of ketones is 1. The molecule has 0 spiro atoms. The van der Waals surface area contributed by atoms with Gasteiger partial charge >= 0.3 is 6.18 Å². The molecule has 0 aliphatic carbocycles. The fourth-order valence-corrected chi connectivity index (χ4v) is 1.46. The number of halogens is 4. The summed E-state index contributed by atoms with van der Waals surface area (Å²) < 4.78 is 42.3. The minimum atomic E-state index is -4.94. The maximum atomic E-state index is 12.4. The standard InChI is InChI=1S/C12H12ClF3O2/c1-2-3-6-18-10-5-4-8(13)7-9(10)11(17)12(14,15)16/h4-5,7H,2-3,6H2,1H3. The van der Waals surface area contributed by atoms with Crippen molar-refractivity contribution in [3.05, 3.63) is 28.8 Å². The van der Waals surface area contributed by atoms with Gasteiger partial charge in [-0.05, 0) is 24.6 Å². The lowest BCUT2D eigenvalue weighted by atomic mass is 10.1. The van der Waals surface area contributed by atoms with E-state index in [4.69, 9.17) is 16.3 Å². The van der Waals surface area contributed by atoms with Gasteiger partial charge in [0.1, 0.15) is 5.75 Å². The molecule has 0 fully saturated rings. The van der Waals surface area contributed by atoms with E-state index in [1.807, 2.05) is 6.92 Å². The number of carbonyl (C=O) groups is 1. The van der Waals surface area contributed by atoms with Gasteiger partial charge in [0.15, 0.2) is 0 Å². The van der Waals surface area contributed by atoms with E-state index in [1.165, 1.54) is 12.1 Å². The number of benzene rings is 1. The summed E-state index contributed by atoms with van der Waals surface area (Å²) in [5.41, 5.74) is -0.550. The van der Waals surface area contributed by atoms with Crippen LogP contribution in [-0.2, 0) is 0 Å². The molecule has 0 aliphatic heterocycles. The highest BCUT2D eigenvalue weighted by Crippen LogP contribution is 2.30. The molecule has 0 aromatic heterocycles. The van der Waals surface area contributed by atoms with E-state index in [1.54, 1.807) is 0 Å². The molecule has 2 nitrogen and oxygen atoms in total. The predicted octanol–water partition coefficient (Wildman–Crippen LogP) is 4.26. The maximum absolute atomic E-state index is 12.4. The van der Waals surface area contributed by atoms with Crippen LogP contribution >= 0.6 is 11.6 Å². The van der Waals surface area contributed by atoms with E-state index in [2.05, 4.69) is 0 Å². The van der Waals surface area contributed by atoms with Gasteiger partial charge in [-0.2, -0.15) is 13.2 Å². The summed E-state index contributed by atoms with van der Waals surface area (Å²) in [6.45, 7) is 2.18. The first kappa shape index (κ1) is 14.8. The van der Waals surface area contributed by atoms with Gasteiger partial charge in [0.2, 0.25) is 0 Å². The van der Waals surface area contributed by atoms with Crippen molar-refractivity contribution in [2.45, 2.75) is 25.9 Å². The normalized spacial score (nSPS) is 11.4. The summed E-state index contributed by atoms with van der Waals surface area (Å²) in [5.74, 6) is -2.04. The number of unbranched alkanes of at least 4 members (excludes halogenated alkanes) is 1. The van der Waals surface area contributed by atoms with Gasteiger partial charge in [0.25, 0.3) is 5.78 Å². The third kappa shape index (κ3) is 3.91. The minimum absolute atomic E-state index is 0.0606. The average molecular weight is 281 g/mol. The lowest BCUT2D eigenvalue weighted by Gasteiger charge is -2.12. The molecule has 1 aromatic carbocycles. The number of ether oxygens (including phenoxy) is 1. The second kappa shape index (κ2) is 6.09. The van der Waals surface area contributed by atoms with Crippen LogP contribution in [0.3, 0.4) is 0 Å². The van der Waals surface area contributed by atoms with Gasteiger partial charge < -0.3 is 4.74 Å². The quantitative estimate of drug-likeness (QED) is 0.595. The molecule has 0 radical (unpaired) electrons. The van der Waals surface area contributed by atoms with Gasteiger partial charge in [-0.1, -0.05) is 24.9 Å². The molecule has 18 heavy (non-hydrogen) atoms. The second-order valence-corrected chi connectivity index (χ2v) is 4.11. The first-order chi connectivity index (χ1) is 8.36. The van der Waals surface area contributed by atoms with Crippen LogP contribution in [0.1, 0.15) is 30.1 Å². The zero-order valence-electron chi connectivity index (χ0n) is 9.68. The molecule has 6 heteroatoms. The highest BCUT2D eigenvalue weighted by Gasteiger charge is 2.40. The van der Waals surface area contributed by atoms with Gasteiger partial charge in [-0.15, -0.1) is 0 Å². The molecule has 0 bridgehead atoms. The van der Waals surface area contributed by atoms with Crippen molar-refractivity contribution >= 4 is 17.4 Å². The van der Waals surface area contributed by atoms with Crippen molar-refractivity contribution < 1.29 is 22.7 Å². The molecule has 0 atom stereocenters. The van der Waals surface area contributed by atoms with E-state index in [0.717, 1.165) is 12.5 Å². The molecule has 0 unspecified atom stereocenters. The Labute approximate surface area is 108 Å². The molecule has 0 N–H and O–H groups in total. The molecular formula is C12H12ClF3O2. The number of alkyl halides is 3. The first-order valence-corrected chi connectivity index (χ1v) is 5.78. The Morgan fingerprint density at radius 2 is 2.06 bits per heavy atom. The van der Waals surface area contributed by atoms with Crippen molar-refractivity contribution in [3.63, 3.8) is 0 Å². The van der Waals surface area contributed by atoms with E-state index >= 15 is 0 Å². The van der Waals surface area contributed by atoms with Crippen LogP contribution in [0.5, 0.6) is 5.75 Å². The fraction of sp³-hybridized carbons (Fsp3) is 0.417. The first-order valence-electron chi connectivity index (χ1n) is 5.40. The highest BCUT2D eigenvalue weighted by molar-refractivity contribution is 6.31. The van der Waals surface area contributed by atoms with E-state index in [9.17, 15) is 18.0 Å². The molecule has 0 aliphatic rings. The Bertz CT molecular complexity index is 430. The number of hydrogen-bond donors (Lipinski definition) is 0. The third-order valence-electron chi connectivity index (χ3n) is 2.20. The van der Waals surface area contributed by atoms with Crippen molar-refractivity contribution in [2.75, 3.05) is 6.61 Å². The number of hydrogen-bond acceptors (Lipinski definition) is 2. The Kier molecular flexibility index (Phi) is 5.02. The van der Waals surface area contributed by atoms with E-state index < -0.39 is 17.5 Å². The van der Waals surface area contributed by atoms with Crippen LogP contribution in [-0.4, -0.2) is 18.6 Å². The summed E-state index contributed by atoms with van der Waals surface area (Å²) >= 11 is 5.60. The molecule has 0 amide bonds. The minimum Gasteiger partial charge on any atom is -0.493 e. The van der Waals surface area contributed by atoms with Crippen LogP contribution in [0, 0.1) is 0 Å². The highest BCUT2D eigenvalue weighted by atomic mass is 35.5. The smallest absolute Gasteiger partial charge is 0.455 e. The monoisotopic (exact) mass is 280 g/mol. The van der Waals surface area contributed by atoms with Gasteiger partial charge in [-0.25, -0.2) is 0 Å². The van der Waals surface area contributed by atoms with Crippen LogP contribution in [0.4, 0.5) is 13.2 Å². The van der Waals surface area contributed by atoms with Gasteiger partial charge in [-0.3, -0.25) is 4.79 Å². The lowest BCUT2D eigenvalue weighted by molar-refractivity contribution is -0.0886. The molecule has 0 heterocycles. The molecule has 100 valence electrons. The van der Waals surface area contributed by atoms with Crippen LogP contribution in [0.2, 0.25) is 5.02 Å². The van der Waals surface area contributed by atoms with Crippen molar-refractivity contribution in [3.8, 4) is 5.75 Å². The fourth-order valence-electron chi connectivity index (χ4n) is 1.28. The average Bonchev–Trinajstić information content (AvgIpc) is 2.29. The summed E-state index contributed by atoms with van der Waals surface area (Å²) in [6, 6.07) is 3.63. The number of carbonyl (C=O) groups excluding carboxylic acids is 1. The van der Waals surface area contributed by atoms with Gasteiger partial charge in [0.05, 0.1) is 12.2 Å². The van der Waals surface area contributed by atoms with Crippen LogP contribution in [0.25, 0.3) is 0 Å². The molecule has 0 saturated heterocycles. The zero-order valence-corrected chi connectivity index (χ0v) is 10.4. The van der Waals surface area contributed by atoms with Crippen molar-refractivity contribution in [1.29, 1.82) is 0 Å². The molecule has 0 saturated carbocycles. The lowest BCUT2D eigenvalue weighted by Crippen LogP contribution is -2.23. The molecule has 1 aromatic rings. The van der Waals surface area contributed by atoms with E-state index in [0.29, 0.717) is 6.42 Å². The summed E-state index contributed by atoms with van der Waals surface area (Å²) in [6.07, 6.45) is -3.40. The SMILES string of the molecule is CCCCOc1ccc(Cl)cc1C(=O)C(F)(F)F. The van der Waals surface area contributed by atoms with E-state index in [-0.39, 0.29) is 17.4 Å². The Balaban J connectivity index is 3.00. The second-order valence-electron chi connectivity index (χ2n) is 3.67. The largest absolute Gasteiger partial charge is 0.493 e. The summed E-state index contributed by atoms with van der Waals surface area (Å²) in [4.78, 5) is 11.2. The van der Waals surface area contributed by atoms with Crippen LogP contribution in [0.15, 0.2) is 18.2 Å². The summed E-state index contributed by atoms with van der Waals surface area (Å²) in [7, 11) is 0. The number of rotatable bonds is 5. The number of Topliss-reactive ketones (excluding diaryl/α,β-unsaturated/α-hetero) is 1. The predicted molar refractivity (Wildman–Crippen MR) is 62.2 cm³/mol. The Morgan fingerprint density at radius 3 is 2.61 bits per heavy atom. The maximum Gasteiger partial charge on any atom is 0.455 e. The molecule has 1 rings (SSSR count). The Hall–Kier alpha value is -1.23. The zero-order chi connectivity index (χ0) is 13.8. The molecular weight excluding hydrogens is 269 g/mol. The topological polar surface area (TPSA) is 26.3 Å². The van der Waals surface area contributed by atoms with Gasteiger partial charge in [0, 0.05) is 5.02 Å². The Morgan fingerprint density at radius 1 is 1.39 bits per heavy atom.